The van der Waals surface area contributed by atoms with Gasteiger partial charge in [0.15, 0.2) is 0 Å². The van der Waals surface area contributed by atoms with E-state index in [0.29, 0.717) is 39.3 Å². The van der Waals surface area contributed by atoms with Crippen LogP contribution in [0.3, 0.4) is 0 Å². The van der Waals surface area contributed by atoms with E-state index in [4.69, 9.17) is 5.21 Å². The molecule has 2 amide bonds. The summed E-state index contributed by atoms with van der Waals surface area (Å²) in [6.07, 6.45) is 1.57. The third-order valence-corrected chi connectivity index (χ3v) is 3.86. The summed E-state index contributed by atoms with van der Waals surface area (Å²) in [5, 5.41) is 11.5. The van der Waals surface area contributed by atoms with Gasteiger partial charge in [-0.15, -0.1) is 0 Å². The molecule has 0 fully saturated rings. The fourth-order valence-corrected chi connectivity index (χ4v) is 2.76. The Labute approximate surface area is 131 Å². The highest BCUT2D eigenvalue weighted by atomic mass is 19.1. The Morgan fingerprint density at radius 3 is 2.78 bits per heavy atom. The smallest absolute Gasteiger partial charge is 0.276 e. The van der Waals surface area contributed by atoms with E-state index in [-0.39, 0.29) is 5.91 Å². The first-order valence-electron chi connectivity index (χ1n) is 6.89. The largest absolute Gasteiger partial charge is 0.358 e. The van der Waals surface area contributed by atoms with Gasteiger partial charge in [-0.05, 0) is 43.7 Å². The van der Waals surface area contributed by atoms with Crippen molar-refractivity contribution in [3.05, 3.63) is 52.1 Å². The summed E-state index contributed by atoms with van der Waals surface area (Å²) in [7, 11) is 0. The minimum atomic E-state index is -0.636. The van der Waals surface area contributed by atoms with Gasteiger partial charge in [-0.3, -0.25) is 14.8 Å². The predicted molar refractivity (Wildman–Crippen MR) is 82.4 cm³/mol. The Bertz CT molecular complexity index is 868. The third kappa shape index (κ3) is 2.40. The second-order valence-corrected chi connectivity index (χ2v) is 5.31. The molecule has 1 aliphatic rings. The number of hydrogen-bond acceptors (Lipinski definition) is 3. The fourth-order valence-electron chi connectivity index (χ4n) is 2.76. The molecule has 1 aromatic carbocycles. The highest BCUT2D eigenvalue weighted by molar-refractivity contribution is 6.34. The lowest BCUT2D eigenvalue weighted by Gasteiger charge is -2.00. The van der Waals surface area contributed by atoms with Gasteiger partial charge in [0.05, 0.1) is 11.1 Å². The summed E-state index contributed by atoms with van der Waals surface area (Å²) in [6, 6.07) is 4.06. The van der Waals surface area contributed by atoms with Gasteiger partial charge in [0.2, 0.25) is 0 Å². The minimum absolute atomic E-state index is 0.303. The van der Waals surface area contributed by atoms with Crippen LogP contribution in [-0.2, 0) is 4.79 Å². The number of nitrogens with one attached hydrogen (secondary N) is 3. The molecule has 0 saturated carbocycles. The van der Waals surface area contributed by atoms with Crippen LogP contribution in [0.25, 0.3) is 11.6 Å². The molecule has 0 atom stereocenters. The molecule has 0 bridgehead atoms. The van der Waals surface area contributed by atoms with Crippen molar-refractivity contribution in [1.29, 1.82) is 0 Å². The highest BCUT2D eigenvalue weighted by Gasteiger charge is 2.26. The van der Waals surface area contributed by atoms with Crippen molar-refractivity contribution in [3.8, 4) is 0 Å². The zero-order chi connectivity index (χ0) is 16.7. The number of carbonyl (C=O) groups is 2. The zero-order valence-corrected chi connectivity index (χ0v) is 12.5. The van der Waals surface area contributed by atoms with E-state index < -0.39 is 11.7 Å². The maximum absolute atomic E-state index is 13.4. The van der Waals surface area contributed by atoms with Gasteiger partial charge in [-0.1, -0.05) is 0 Å². The standard InChI is InChI=1S/C16H14FN3O3/c1-7-13(18-8(2)14(7)16(22)20-23)6-11-10-5-9(17)3-4-12(10)19-15(11)21/h3-6,18,23H,1-2H3,(H,19,21)(H,20,22). The number of H-pyrrole nitrogens is 1. The number of fused-ring (bicyclic) bond motifs is 1. The number of aromatic amines is 1. The quantitative estimate of drug-likeness (QED) is 0.389. The Balaban J connectivity index is 2.12. The van der Waals surface area contributed by atoms with Crippen molar-refractivity contribution < 1.29 is 19.2 Å². The van der Waals surface area contributed by atoms with Crippen LogP contribution in [0.5, 0.6) is 0 Å². The molecular formula is C16H14FN3O3. The number of halogens is 1. The number of anilines is 1. The van der Waals surface area contributed by atoms with Gasteiger partial charge in [-0.25, -0.2) is 9.87 Å². The van der Waals surface area contributed by atoms with Crippen LogP contribution >= 0.6 is 0 Å². The first-order valence-corrected chi connectivity index (χ1v) is 6.89. The summed E-state index contributed by atoms with van der Waals surface area (Å²) in [4.78, 5) is 26.8. The molecule has 0 radical (unpaired) electrons. The lowest BCUT2D eigenvalue weighted by Crippen LogP contribution is -2.19. The van der Waals surface area contributed by atoms with Crippen LogP contribution in [-0.4, -0.2) is 22.0 Å². The molecule has 118 valence electrons. The number of carbonyl (C=O) groups excluding carboxylic acids is 2. The number of rotatable bonds is 2. The Hall–Kier alpha value is -2.93. The van der Waals surface area contributed by atoms with E-state index in [1.165, 1.54) is 18.2 Å². The third-order valence-electron chi connectivity index (χ3n) is 3.86. The monoisotopic (exact) mass is 315 g/mol. The van der Waals surface area contributed by atoms with Crippen molar-refractivity contribution in [2.45, 2.75) is 13.8 Å². The van der Waals surface area contributed by atoms with Crippen LogP contribution in [0.15, 0.2) is 18.2 Å². The highest BCUT2D eigenvalue weighted by Crippen LogP contribution is 2.34. The normalized spacial score (nSPS) is 14.8. The van der Waals surface area contributed by atoms with E-state index in [9.17, 15) is 14.0 Å². The summed E-state index contributed by atoms with van der Waals surface area (Å²) < 4.78 is 13.4. The second-order valence-electron chi connectivity index (χ2n) is 5.31. The number of aryl methyl sites for hydroxylation is 1. The Kier molecular flexibility index (Phi) is 3.49. The van der Waals surface area contributed by atoms with Crippen LogP contribution in [0, 0.1) is 19.7 Å². The number of amides is 2. The molecule has 0 aliphatic carbocycles. The van der Waals surface area contributed by atoms with Crippen molar-refractivity contribution >= 4 is 29.2 Å². The zero-order valence-electron chi connectivity index (χ0n) is 12.5. The van der Waals surface area contributed by atoms with E-state index in [1.807, 2.05) is 0 Å². The van der Waals surface area contributed by atoms with Crippen molar-refractivity contribution in [1.82, 2.24) is 10.5 Å². The lowest BCUT2D eigenvalue weighted by molar-refractivity contribution is -0.110. The van der Waals surface area contributed by atoms with E-state index in [1.54, 1.807) is 25.4 Å². The van der Waals surface area contributed by atoms with E-state index in [2.05, 4.69) is 10.3 Å². The summed E-state index contributed by atoms with van der Waals surface area (Å²) in [5.74, 6) is -1.42. The predicted octanol–water partition coefficient (Wildman–Crippen LogP) is 2.38. The van der Waals surface area contributed by atoms with Gasteiger partial charge in [0.25, 0.3) is 11.8 Å². The summed E-state index contributed by atoms with van der Waals surface area (Å²) >= 11 is 0. The van der Waals surface area contributed by atoms with Crippen LogP contribution in [0.4, 0.5) is 10.1 Å². The van der Waals surface area contributed by atoms with Crippen molar-refractivity contribution in [2.75, 3.05) is 5.32 Å². The SMILES string of the molecule is Cc1[nH]c(C=C2C(=O)Nc3ccc(F)cc32)c(C)c1C(=O)NO. The van der Waals surface area contributed by atoms with Gasteiger partial charge in [-0.2, -0.15) is 0 Å². The van der Waals surface area contributed by atoms with Crippen LogP contribution in [0.1, 0.15) is 32.9 Å². The van der Waals surface area contributed by atoms with Crippen molar-refractivity contribution in [3.63, 3.8) is 0 Å². The number of benzene rings is 1. The average molecular weight is 315 g/mol. The van der Waals surface area contributed by atoms with Crippen LogP contribution in [0.2, 0.25) is 0 Å². The van der Waals surface area contributed by atoms with Crippen molar-refractivity contribution in [2.24, 2.45) is 0 Å². The van der Waals surface area contributed by atoms with E-state index >= 15 is 0 Å². The molecule has 2 heterocycles. The number of hydrogen-bond donors (Lipinski definition) is 4. The molecule has 23 heavy (non-hydrogen) atoms. The molecule has 6 nitrogen and oxygen atoms in total. The lowest BCUT2D eigenvalue weighted by atomic mass is 10.0. The average Bonchev–Trinajstić information content (AvgIpc) is 2.96. The molecule has 2 aromatic rings. The molecule has 0 unspecified atom stereocenters. The fraction of sp³-hybridized carbons (Fsp3) is 0.125. The summed E-state index contributed by atoms with van der Waals surface area (Å²) in [6.45, 7) is 3.38. The molecule has 4 N–H and O–H groups in total. The molecular weight excluding hydrogens is 301 g/mol. The maximum atomic E-state index is 13.4. The van der Waals surface area contributed by atoms with E-state index in [0.717, 1.165) is 0 Å². The molecule has 0 saturated heterocycles. The molecule has 3 rings (SSSR count). The van der Waals surface area contributed by atoms with Crippen LogP contribution < -0.4 is 10.8 Å². The minimum Gasteiger partial charge on any atom is -0.358 e. The molecule has 1 aromatic heterocycles. The first-order chi connectivity index (χ1) is 10.9. The maximum Gasteiger partial charge on any atom is 0.276 e. The molecule has 0 spiro atoms. The first kappa shape index (κ1) is 15.0. The van der Waals surface area contributed by atoms with Gasteiger partial charge in [0.1, 0.15) is 5.82 Å². The second kappa shape index (κ2) is 5.36. The number of aromatic nitrogens is 1. The Morgan fingerprint density at radius 1 is 1.35 bits per heavy atom. The molecule has 1 aliphatic heterocycles. The summed E-state index contributed by atoms with van der Waals surface area (Å²) in [5.41, 5.74) is 4.89. The van der Waals surface area contributed by atoms with Gasteiger partial charge in [0, 0.05) is 22.6 Å². The number of hydroxylamine groups is 1. The molecule has 7 heteroatoms. The van der Waals surface area contributed by atoms with Gasteiger partial charge >= 0.3 is 0 Å². The van der Waals surface area contributed by atoms with Gasteiger partial charge < -0.3 is 10.3 Å². The Morgan fingerprint density at radius 2 is 2.09 bits per heavy atom. The topological polar surface area (TPSA) is 94.2 Å².